The van der Waals surface area contributed by atoms with Crippen molar-refractivity contribution in [3.8, 4) is 0 Å². The van der Waals surface area contributed by atoms with Crippen molar-refractivity contribution in [1.82, 2.24) is 10.3 Å². The van der Waals surface area contributed by atoms with Gasteiger partial charge in [0.05, 0.1) is 5.56 Å². The van der Waals surface area contributed by atoms with Crippen LogP contribution in [0.15, 0.2) is 18.3 Å². The number of hydrogen-bond acceptors (Lipinski definition) is 3. The number of amides is 1. The van der Waals surface area contributed by atoms with E-state index in [0.29, 0.717) is 17.3 Å². The summed E-state index contributed by atoms with van der Waals surface area (Å²) < 4.78 is 0. The van der Waals surface area contributed by atoms with Crippen LogP contribution in [0.3, 0.4) is 0 Å². The maximum absolute atomic E-state index is 12.2. The third-order valence-electron chi connectivity index (χ3n) is 3.96. The quantitative estimate of drug-likeness (QED) is 0.857. The Labute approximate surface area is 115 Å². The number of carbonyl (C=O) groups is 1. The van der Waals surface area contributed by atoms with Gasteiger partial charge in [-0.3, -0.25) is 4.79 Å². The lowest BCUT2D eigenvalue weighted by molar-refractivity contribution is 0.0945. The zero-order valence-electron chi connectivity index (χ0n) is 11.8. The zero-order valence-corrected chi connectivity index (χ0v) is 11.8. The molecule has 1 aliphatic carbocycles. The zero-order chi connectivity index (χ0) is 13.7. The summed E-state index contributed by atoms with van der Waals surface area (Å²) in [7, 11) is 0. The lowest BCUT2D eigenvalue weighted by Gasteiger charge is -2.16. The summed E-state index contributed by atoms with van der Waals surface area (Å²) in [4.78, 5) is 16.4. The molecule has 1 heterocycles. The summed E-state index contributed by atoms with van der Waals surface area (Å²) in [5.74, 6) is 2.00. The maximum Gasteiger partial charge on any atom is 0.255 e. The van der Waals surface area contributed by atoms with E-state index in [4.69, 9.17) is 0 Å². The number of rotatable bonds is 5. The Balaban J connectivity index is 1.95. The Morgan fingerprint density at radius 3 is 3.00 bits per heavy atom. The van der Waals surface area contributed by atoms with Gasteiger partial charge in [0.1, 0.15) is 5.82 Å². The number of aromatic nitrogens is 1. The molecular formula is C15H23N3O. The Morgan fingerprint density at radius 2 is 2.32 bits per heavy atom. The number of nitrogens with zero attached hydrogens (tertiary/aromatic N) is 1. The molecule has 1 aromatic heterocycles. The van der Waals surface area contributed by atoms with E-state index in [2.05, 4.69) is 22.5 Å². The van der Waals surface area contributed by atoms with Crippen LogP contribution in [0.4, 0.5) is 5.82 Å². The molecule has 1 aromatic rings. The van der Waals surface area contributed by atoms with Gasteiger partial charge in [0, 0.05) is 19.3 Å². The first kappa shape index (κ1) is 13.8. The summed E-state index contributed by atoms with van der Waals surface area (Å²) in [6.07, 6.45) is 5.51. The van der Waals surface area contributed by atoms with Crippen molar-refractivity contribution < 1.29 is 4.79 Å². The average molecular weight is 261 g/mol. The van der Waals surface area contributed by atoms with Crippen LogP contribution in [0.2, 0.25) is 0 Å². The molecule has 2 atom stereocenters. The molecule has 1 fully saturated rings. The number of hydrogen-bond donors (Lipinski definition) is 2. The Bertz CT molecular complexity index is 433. The molecule has 4 heteroatoms. The largest absolute Gasteiger partial charge is 0.370 e. The van der Waals surface area contributed by atoms with Crippen molar-refractivity contribution >= 4 is 11.7 Å². The molecule has 0 bridgehead atoms. The van der Waals surface area contributed by atoms with Crippen LogP contribution in [0.1, 0.15) is 43.5 Å². The highest BCUT2D eigenvalue weighted by Gasteiger charge is 2.24. The van der Waals surface area contributed by atoms with E-state index >= 15 is 0 Å². The number of anilines is 1. The minimum atomic E-state index is -0.0249. The molecule has 0 radical (unpaired) electrons. The molecule has 0 spiro atoms. The second-order valence-electron chi connectivity index (χ2n) is 5.31. The highest BCUT2D eigenvalue weighted by atomic mass is 16.1. The predicted octanol–water partition coefficient (Wildman–Crippen LogP) is 2.68. The molecule has 2 N–H and O–H groups in total. The van der Waals surface area contributed by atoms with E-state index in [9.17, 15) is 4.79 Å². The van der Waals surface area contributed by atoms with E-state index in [1.54, 1.807) is 12.3 Å². The average Bonchev–Trinajstić information content (AvgIpc) is 2.82. The summed E-state index contributed by atoms with van der Waals surface area (Å²) >= 11 is 0. The van der Waals surface area contributed by atoms with Gasteiger partial charge in [-0.1, -0.05) is 19.8 Å². The second kappa shape index (κ2) is 6.55. The fourth-order valence-corrected chi connectivity index (χ4v) is 2.74. The molecule has 0 aromatic carbocycles. The van der Waals surface area contributed by atoms with Gasteiger partial charge in [0.2, 0.25) is 0 Å². The Morgan fingerprint density at radius 1 is 1.47 bits per heavy atom. The summed E-state index contributed by atoms with van der Waals surface area (Å²) in [5.41, 5.74) is 0.634. The Kier molecular flexibility index (Phi) is 4.77. The smallest absolute Gasteiger partial charge is 0.255 e. The first-order valence-corrected chi connectivity index (χ1v) is 7.19. The predicted molar refractivity (Wildman–Crippen MR) is 77.2 cm³/mol. The number of carbonyl (C=O) groups excluding carboxylic acids is 1. The van der Waals surface area contributed by atoms with Gasteiger partial charge in [-0.25, -0.2) is 4.98 Å². The SMILES string of the molecule is CCNc1ncccc1C(=O)NCC1CCCC1C. The van der Waals surface area contributed by atoms with E-state index in [-0.39, 0.29) is 5.91 Å². The molecule has 2 unspecified atom stereocenters. The van der Waals surface area contributed by atoms with E-state index in [1.807, 2.05) is 13.0 Å². The maximum atomic E-state index is 12.2. The van der Waals surface area contributed by atoms with E-state index in [0.717, 1.165) is 19.0 Å². The van der Waals surface area contributed by atoms with Gasteiger partial charge in [-0.05, 0) is 37.3 Å². The van der Waals surface area contributed by atoms with Crippen molar-refractivity contribution in [2.75, 3.05) is 18.4 Å². The van der Waals surface area contributed by atoms with E-state index in [1.165, 1.54) is 19.3 Å². The number of nitrogens with one attached hydrogen (secondary N) is 2. The molecule has 1 amide bonds. The van der Waals surface area contributed by atoms with Crippen LogP contribution >= 0.6 is 0 Å². The fraction of sp³-hybridized carbons (Fsp3) is 0.600. The van der Waals surface area contributed by atoms with Crippen molar-refractivity contribution in [3.63, 3.8) is 0 Å². The highest BCUT2D eigenvalue weighted by Crippen LogP contribution is 2.30. The molecule has 19 heavy (non-hydrogen) atoms. The van der Waals surface area contributed by atoms with Crippen molar-refractivity contribution in [1.29, 1.82) is 0 Å². The van der Waals surface area contributed by atoms with Crippen molar-refractivity contribution in [3.05, 3.63) is 23.9 Å². The van der Waals surface area contributed by atoms with Crippen molar-refractivity contribution in [2.45, 2.75) is 33.1 Å². The van der Waals surface area contributed by atoms with Gasteiger partial charge in [-0.15, -0.1) is 0 Å². The van der Waals surface area contributed by atoms with Gasteiger partial charge in [-0.2, -0.15) is 0 Å². The third kappa shape index (κ3) is 3.46. The third-order valence-corrected chi connectivity index (χ3v) is 3.96. The van der Waals surface area contributed by atoms with Crippen molar-refractivity contribution in [2.24, 2.45) is 11.8 Å². The second-order valence-corrected chi connectivity index (χ2v) is 5.31. The lowest BCUT2D eigenvalue weighted by atomic mass is 9.98. The molecular weight excluding hydrogens is 238 g/mol. The lowest BCUT2D eigenvalue weighted by Crippen LogP contribution is -2.31. The van der Waals surface area contributed by atoms with E-state index < -0.39 is 0 Å². The molecule has 0 aliphatic heterocycles. The van der Waals surface area contributed by atoms with Crippen LogP contribution in [0.5, 0.6) is 0 Å². The van der Waals surface area contributed by atoms with Crippen LogP contribution in [-0.2, 0) is 0 Å². The summed E-state index contributed by atoms with van der Waals surface area (Å²) in [6.45, 7) is 5.81. The molecule has 1 aliphatic rings. The van der Waals surface area contributed by atoms with Gasteiger partial charge in [0.15, 0.2) is 0 Å². The van der Waals surface area contributed by atoms with Crippen LogP contribution in [0.25, 0.3) is 0 Å². The van der Waals surface area contributed by atoms with Gasteiger partial charge < -0.3 is 10.6 Å². The minimum Gasteiger partial charge on any atom is -0.370 e. The molecule has 4 nitrogen and oxygen atoms in total. The molecule has 0 saturated heterocycles. The topological polar surface area (TPSA) is 54.0 Å². The van der Waals surface area contributed by atoms with Gasteiger partial charge in [0.25, 0.3) is 5.91 Å². The van der Waals surface area contributed by atoms with Gasteiger partial charge >= 0.3 is 0 Å². The first-order chi connectivity index (χ1) is 9.22. The Hall–Kier alpha value is -1.58. The molecule has 104 valence electrons. The minimum absolute atomic E-state index is 0.0249. The summed E-state index contributed by atoms with van der Waals surface area (Å²) in [5, 5.41) is 6.17. The first-order valence-electron chi connectivity index (χ1n) is 7.19. The summed E-state index contributed by atoms with van der Waals surface area (Å²) in [6, 6.07) is 3.62. The monoisotopic (exact) mass is 261 g/mol. The molecule has 1 saturated carbocycles. The standard InChI is InChI=1S/C15H23N3O/c1-3-16-14-13(8-5-9-17-14)15(19)18-10-12-7-4-6-11(12)2/h5,8-9,11-12H,3-4,6-7,10H2,1-2H3,(H,16,17)(H,18,19). The van der Waals surface area contributed by atoms with Crippen LogP contribution in [0, 0.1) is 11.8 Å². The van der Waals surface area contributed by atoms with Crippen LogP contribution < -0.4 is 10.6 Å². The highest BCUT2D eigenvalue weighted by molar-refractivity contribution is 5.98. The molecule has 2 rings (SSSR count). The number of pyridine rings is 1. The fourth-order valence-electron chi connectivity index (χ4n) is 2.74. The normalized spacial score (nSPS) is 22.2. The van der Waals surface area contributed by atoms with Crippen LogP contribution in [-0.4, -0.2) is 24.0 Å².